The highest BCUT2D eigenvalue weighted by molar-refractivity contribution is 7.98. The van der Waals surface area contributed by atoms with Crippen molar-refractivity contribution in [1.29, 1.82) is 0 Å². The first kappa shape index (κ1) is 15.0. The van der Waals surface area contributed by atoms with Gasteiger partial charge in [0.15, 0.2) is 0 Å². The average Bonchev–Trinajstić information content (AvgIpc) is 2.46. The Kier molecular flexibility index (Phi) is 4.80. The monoisotopic (exact) mass is 308 g/mol. The van der Waals surface area contributed by atoms with Crippen LogP contribution in [0.2, 0.25) is 0 Å². The van der Waals surface area contributed by atoms with Crippen molar-refractivity contribution in [3.8, 4) is 0 Å². The van der Waals surface area contributed by atoms with Crippen LogP contribution in [0.15, 0.2) is 58.6 Å². The molecule has 106 valence electrons. The number of thioether (sulfide) groups is 1. The molecule has 1 aromatic heterocycles. The Bertz CT molecular complexity index is 653. The van der Waals surface area contributed by atoms with E-state index in [0.29, 0.717) is 0 Å². The van der Waals surface area contributed by atoms with Crippen LogP contribution in [-0.2, 0) is 15.8 Å². The minimum absolute atomic E-state index is 0.214. The first-order valence-electron chi connectivity index (χ1n) is 6.05. The Morgan fingerprint density at radius 2 is 1.80 bits per heavy atom. The molecular weight excluding hydrogens is 292 g/mol. The summed E-state index contributed by atoms with van der Waals surface area (Å²) in [6.07, 6.45) is 1.41. The number of hydrogen-bond donors (Lipinski definition) is 0. The Hall–Kier alpha value is -1.37. The molecule has 4 nitrogen and oxygen atoms in total. The zero-order chi connectivity index (χ0) is 14.6. The highest BCUT2D eigenvalue weighted by atomic mass is 32.2. The van der Waals surface area contributed by atoms with E-state index in [1.165, 1.54) is 30.2 Å². The standard InChI is InChI=1S/C14H16N2O2S2/c1-16(2)20(17,18)13-8-9-14(15-10-13)19-11-12-6-4-3-5-7-12/h3-10H,11H2,1-2H3. The van der Waals surface area contributed by atoms with Crippen LogP contribution in [0.4, 0.5) is 0 Å². The molecule has 0 saturated heterocycles. The number of nitrogens with zero attached hydrogens (tertiary/aromatic N) is 2. The van der Waals surface area contributed by atoms with E-state index in [1.54, 1.807) is 23.9 Å². The predicted molar refractivity (Wildman–Crippen MR) is 81.1 cm³/mol. The third-order valence-corrected chi connectivity index (χ3v) is 5.53. The topological polar surface area (TPSA) is 50.3 Å². The van der Waals surface area contributed by atoms with Gasteiger partial charge in [0.1, 0.15) is 4.90 Å². The zero-order valence-corrected chi connectivity index (χ0v) is 13.0. The van der Waals surface area contributed by atoms with Crippen LogP contribution < -0.4 is 0 Å². The van der Waals surface area contributed by atoms with Gasteiger partial charge in [-0.25, -0.2) is 17.7 Å². The molecule has 0 saturated carbocycles. The smallest absolute Gasteiger partial charge is 0.244 e. The third-order valence-electron chi connectivity index (χ3n) is 2.72. The van der Waals surface area contributed by atoms with Crippen molar-refractivity contribution in [1.82, 2.24) is 9.29 Å². The fraction of sp³-hybridized carbons (Fsp3) is 0.214. The van der Waals surface area contributed by atoms with E-state index in [9.17, 15) is 8.42 Å². The van der Waals surface area contributed by atoms with Crippen LogP contribution in [-0.4, -0.2) is 31.8 Å². The van der Waals surface area contributed by atoms with Crippen LogP contribution in [0.3, 0.4) is 0 Å². The maximum absolute atomic E-state index is 11.9. The predicted octanol–water partition coefficient (Wildman–Crippen LogP) is 2.62. The zero-order valence-electron chi connectivity index (χ0n) is 11.4. The van der Waals surface area contributed by atoms with Crippen molar-refractivity contribution < 1.29 is 8.42 Å². The quantitative estimate of drug-likeness (QED) is 0.797. The summed E-state index contributed by atoms with van der Waals surface area (Å²) in [6.45, 7) is 0. The molecule has 0 fully saturated rings. The SMILES string of the molecule is CN(C)S(=O)(=O)c1ccc(SCc2ccccc2)nc1. The fourth-order valence-corrected chi connectivity index (χ4v) is 3.19. The van der Waals surface area contributed by atoms with Crippen molar-refractivity contribution in [3.63, 3.8) is 0 Å². The summed E-state index contributed by atoms with van der Waals surface area (Å²) in [5, 5.41) is 0.812. The van der Waals surface area contributed by atoms with Crippen molar-refractivity contribution in [3.05, 3.63) is 54.2 Å². The number of sulfonamides is 1. The summed E-state index contributed by atoms with van der Waals surface area (Å²) in [4.78, 5) is 4.41. The van der Waals surface area contributed by atoms with Crippen molar-refractivity contribution >= 4 is 21.8 Å². The lowest BCUT2D eigenvalue weighted by molar-refractivity contribution is 0.520. The molecule has 0 aliphatic rings. The Morgan fingerprint density at radius 1 is 1.10 bits per heavy atom. The molecule has 1 heterocycles. The lowest BCUT2D eigenvalue weighted by Crippen LogP contribution is -2.22. The summed E-state index contributed by atoms with van der Waals surface area (Å²) >= 11 is 1.58. The minimum Gasteiger partial charge on any atom is -0.249 e. The van der Waals surface area contributed by atoms with Crippen molar-refractivity contribution in [2.24, 2.45) is 0 Å². The number of aromatic nitrogens is 1. The van der Waals surface area contributed by atoms with E-state index in [-0.39, 0.29) is 4.90 Å². The molecule has 0 unspecified atom stereocenters. The number of benzene rings is 1. The maximum atomic E-state index is 11.9. The van der Waals surface area contributed by atoms with E-state index in [1.807, 2.05) is 18.2 Å². The molecule has 0 bridgehead atoms. The maximum Gasteiger partial charge on any atom is 0.244 e. The van der Waals surface area contributed by atoms with E-state index < -0.39 is 10.0 Å². The molecule has 6 heteroatoms. The minimum atomic E-state index is -3.40. The lowest BCUT2D eigenvalue weighted by Gasteiger charge is -2.11. The molecule has 0 amide bonds. The Labute approximate surface area is 123 Å². The van der Waals surface area contributed by atoms with Crippen LogP contribution in [0.25, 0.3) is 0 Å². The molecule has 0 atom stereocenters. The van der Waals surface area contributed by atoms with Crippen molar-refractivity contribution in [2.75, 3.05) is 14.1 Å². The second kappa shape index (κ2) is 6.39. The number of hydrogen-bond acceptors (Lipinski definition) is 4. The molecule has 0 N–H and O–H groups in total. The van der Waals surface area contributed by atoms with E-state index in [2.05, 4.69) is 17.1 Å². The van der Waals surface area contributed by atoms with Crippen LogP contribution in [0.1, 0.15) is 5.56 Å². The molecule has 0 spiro atoms. The Balaban J connectivity index is 2.06. The summed E-state index contributed by atoms with van der Waals surface area (Å²) in [6, 6.07) is 13.4. The van der Waals surface area contributed by atoms with Gasteiger partial charge < -0.3 is 0 Å². The highest BCUT2D eigenvalue weighted by Crippen LogP contribution is 2.22. The van der Waals surface area contributed by atoms with Gasteiger partial charge in [-0.1, -0.05) is 30.3 Å². The van der Waals surface area contributed by atoms with Crippen LogP contribution in [0.5, 0.6) is 0 Å². The second-order valence-electron chi connectivity index (χ2n) is 4.39. The van der Waals surface area contributed by atoms with Gasteiger partial charge >= 0.3 is 0 Å². The summed E-state index contributed by atoms with van der Waals surface area (Å²) in [5.41, 5.74) is 1.21. The van der Waals surface area contributed by atoms with Gasteiger partial charge in [0.05, 0.1) is 5.03 Å². The van der Waals surface area contributed by atoms with Crippen LogP contribution >= 0.6 is 11.8 Å². The first-order valence-corrected chi connectivity index (χ1v) is 8.48. The molecule has 0 radical (unpaired) electrons. The highest BCUT2D eigenvalue weighted by Gasteiger charge is 2.17. The van der Waals surface area contributed by atoms with E-state index in [4.69, 9.17) is 0 Å². The number of pyridine rings is 1. The first-order chi connectivity index (χ1) is 9.50. The molecule has 1 aromatic carbocycles. The molecular formula is C14H16N2O2S2. The Morgan fingerprint density at radius 3 is 2.35 bits per heavy atom. The summed E-state index contributed by atoms with van der Waals surface area (Å²) in [5.74, 6) is 0.813. The average molecular weight is 308 g/mol. The van der Waals surface area contributed by atoms with Gasteiger partial charge in [-0.05, 0) is 17.7 Å². The largest absolute Gasteiger partial charge is 0.249 e. The molecule has 0 aliphatic heterocycles. The van der Waals surface area contributed by atoms with Gasteiger partial charge in [0.25, 0.3) is 0 Å². The van der Waals surface area contributed by atoms with Gasteiger partial charge in [0, 0.05) is 26.0 Å². The summed E-state index contributed by atoms with van der Waals surface area (Å²) < 4.78 is 25.0. The van der Waals surface area contributed by atoms with E-state index in [0.717, 1.165) is 10.8 Å². The van der Waals surface area contributed by atoms with Gasteiger partial charge in [0.2, 0.25) is 10.0 Å². The van der Waals surface area contributed by atoms with Crippen molar-refractivity contribution in [2.45, 2.75) is 15.7 Å². The summed E-state index contributed by atoms with van der Waals surface area (Å²) in [7, 11) is -0.385. The molecule has 0 aliphatic carbocycles. The second-order valence-corrected chi connectivity index (χ2v) is 7.54. The van der Waals surface area contributed by atoms with Gasteiger partial charge in [-0.15, -0.1) is 11.8 Å². The number of rotatable bonds is 5. The third kappa shape index (κ3) is 3.59. The van der Waals surface area contributed by atoms with E-state index >= 15 is 0 Å². The normalized spacial score (nSPS) is 11.8. The molecule has 20 heavy (non-hydrogen) atoms. The lowest BCUT2D eigenvalue weighted by atomic mass is 10.2. The van der Waals surface area contributed by atoms with Gasteiger partial charge in [-0.3, -0.25) is 0 Å². The molecule has 2 aromatic rings. The van der Waals surface area contributed by atoms with Crippen LogP contribution in [0, 0.1) is 0 Å². The molecule has 2 rings (SSSR count). The van der Waals surface area contributed by atoms with Gasteiger partial charge in [-0.2, -0.15) is 0 Å². The fourth-order valence-electron chi connectivity index (χ4n) is 1.55.